The van der Waals surface area contributed by atoms with Crippen LogP contribution in [-0.2, 0) is 0 Å². The first-order chi connectivity index (χ1) is 9.49. The standard InChI is InChI=1S/C15H21FN2O2/c1-10-8-14(15(18(19)20)9-13(10)16)17-11(2)12-6-4-3-5-7-12/h8-9,11-12,17H,3-7H2,1-2H3. The van der Waals surface area contributed by atoms with E-state index in [0.29, 0.717) is 17.2 Å². The first-order valence-electron chi connectivity index (χ1n) is 7.20. The SMILES string of the molecule is Cc1cc(NC(C)C2CCCCC2)c([N+](=O)[O-])cc1F. The van der Waals surface area contributed by atoms with E-state index in [9.17, 15) is 14.5 Å². The summed E-state index contributed by atoms with van der Waals surface area (Å²) in [5, 5.41) is 14.3. The second-order valence-electron chi connectivity index (χ2n) is 5.71. The molecule has 0 saturated heterocycles. The van der Waals surface area contributed by atoms with Crippen LogP contribution in [0.25, 0.3) is 0 Å². The number of halogens is 1. The van der Waals surface area contributed by atoms with E-state index >= 15 is 0 Å². The highest BCUT2D eigenvalue weighted by atomic mass is 19.1. The smallest absolute Gasteiger partial charge is 0.295 e. The fourth-order valence-electron chi connectivity index (χ4n) is 2.93. The molecule has 0 spiro atoms. The molecule has 1 aliphatic rings. The van der Waals surface area contributed by atoms with Gasteiger partial charge < -0.3 is 5.32 Å². The van der Waals surface area contributed by atoms with E-state index in [0.717, 1.165) is 18.9 Å². The molecule has 1 atom stereocenters. The fraction of sp³-hybridized carbons (Fsp3) is 0.600. The summed E-state index contributed by atoms with van der Waals surface area (Å²) < 4.78 is 13.5. The monoisotopic (exact) mass is 280 g/mol. The van der Waals surface area contributed by atoms with Gasteiger partial charge in [-0.1, -0.05) is 19.3 Å². The van der Waals surface area contributed by atoms with Crippen LogP contribution in [0.4, 0.5) is 15.8 Å². The molecule has 0 aromatic heterocycles. The number of rotatable bonds is 4. The van der Waals surface area contributed by atoms with Gasteiger partial charge in [0.2, 0.25) is 0 Å². The lowest BCUT2D eigenvalue weighted by Crippen LogP contribution is -2.28. The number of nitrogens with one attached hydrogen (secondary N) is 1. The Morgan fingerprint density at radius 1 is 1.35 bits per heavy atom. The quantitative estimate of drug-likeness (QED) is 0.656. The predicted octanol–water partition coefficient (Wildman–Crippen LogP) is 4.42. The highest BCUT2D eigenvalue weighted by molar-refractivity contribution is 5.63. The summed E-state index contributed by atoms with van der Waals surface area (Å²) in [4.78, 5) is 10.5. The molecule has 110 valence electrons. The second kappa shape index (κ2) is 6.20. The first-order valence-corrected chi connectivity index (χ1v) is 7.20. The minimum absolute atomic E-state index is 0.166. The summed E-state index contributed by atoms with van der Waals surface area (Å²) in [6.45, 7) is 3.67. The van der Waals surface area contributed by atoms with Gasteiger partial charge in [0, 0.05) is 6.04 Å². The lowest BCUT2D eigenvalue weighted by atomic mass is 9.84. The number of anilines is 1. The molecule has 0 aliphatic heterocycles. The number of benzene rings is 1. The van der Waals surface area contributed by atoms with Gasteiger partial charge in [0.25, 0.3) is 5.69 Å². The molecule has 0 heterocycles. The third-order valence-electron chi connectivity index (χ3n) is 4.21. The predicted molar refractivity (Wildman–Crippen MR) is 77.5 cm³/mol. The molecule has 4 nitrogen and oxygen atoms in total. The molecule has 1 aliphatic carbocycles. The summed E-state index contributed by atoms with van der Waals surface area (Å²) in [7, 11) is 0. The highest BCUT2D eigenvalue weighted by Gasteiger charge is 2.23. The normalized spacial score (nSPS) is 17.8. The van der Waals surface area contributed by atoms with E-state index in [2.05, 4.69) is 12.2 Å². The van der Waals surface area contributed by atoms with Gasteiger partial charge in [-0.3, -0.25) is 10.1 Å². The Morgan fingerprint density at radius 3 is 2.60 bits per heavy atom. The molecule has 0 bridgehead atoms. The number of aryl methyl sites for hydroxylation is 1. The van der Waals surface area contributed by atoms with E-state index in [1.165, 1.54) is 25.3 Å². The van der Waals surface area contributed by atoms with Crippen molar-refractivity contribution in [1.82, 2.24) is 0 Å². The first kappa shape index (κ1) is 14.8. The van der Waals surface area contributed by atoms with Crippen molar-refractivity contribution in [3.8, 4) is 0 Å². The molecule has 20 heavy (non-hydrogen) atoms. The van der Waals surface area contributed by atoms with Crippen LogP contribution >= 0.6 is 0 Å². The van der Waals surface area contributed by atoms with Gasteiger partial charge in [0.1, 0.15) is 11.5 Å². The molecule has 1 fully saturated rings. The molecular formula is C15H21FN2O2. The molecular weight excluding hydrogens is 259 g/mol. The Hall–Kier alpha value is -1.65. The second-order valence-corrected chi connectivity index (χ2v) is 5.71. The van der Waals surface area contributed by atoms with Gasteiger partial charge in [-0.05, 0) is 44.2 Å². The van der Waals surface area contributed by atoms with Crippen molar-refractivity contribution in [2.75, 3.05) is 5.32 Å². The van der Waals surface area contributed by atoms with Crippen LogP contribution in [0.15, 0.2) is 12.1 Å². The number of nitrogens with zero attached hydrogens (tertiary/aromatic N) is 1. The zero-order valence-corrected chi connectivity index (χ0v) is 12.0. The van der Waals surface area contributed by atoms with Gasteiger partial charge in [0.15, 0.2) is 0 Å². The third-order valence-corrected chi connectivity index (χ3v) is 4.21. The van der Waals surface area contributed by atoms with Crippen LogP contribution in [0, 0.1) is 28.8 Å². The Kier molecular flexibility index (Phi) is 4.57. The molecule has 0 amide bonds. The van der Waals surface area contributed by atoms with Crippen molar-refractivity contribution < 1.29 is 9.31 Å². The number of nitro groups is 1. The summed E-state index contributed by atoms with van der Waals surface area (Å²) >= 11 is 0. The zero-order chi connectivity index (χ0) is 14.7. The summed E-state index contributed by atoms with van der Waals surface area (Å²) in [5.74, 6) is 0.00119. The Bertz CT molecular complexity index is 499. The minimum Gasteiger partial charge on any atom is -0.377 e. The topological polar surface area (TPSA) is 55.2 Å². The molecule has 1 N–H and O–H groups in total. The molecule has 1 aromatic carbocycles. The van der Waals surface area contributed by atoms with Gasteiger partial charge in [0.05, 0.1) is 11.0 Å². The van der Waals surface area contributed by atoms with Crippen molar-refractivity contribution in [3.05, 3.63) is 33.6 Å². The summed E-state index contributed by atoms with van der Waals surface area (Å²) in [5.41, 5.74) is 0.664. The maximum Gasteiger partial charge on any atom is 0.295 e. The van der Waals surface area contributed by atoms with Crippen LogP contribution in [0.3, 0.4) is 0 Å². The highest BCUT2D eigenvalue weighted by Crippen LogP contribution is 2.32. The van der Waals surface area contributed by atoms with Crippen molar-refractivity contribution >= 4 is 11.4 Å². The van der Waals surface area contributed by atoms with E-state index in [1.807, 2.05) is 0 Å². The number of nitro benzene ring substituents is 1. The lowest BCUT2D eigenvalue weighted by Gasteiger charge is -2.29. The number of hydrogen-bond acceptors (Lipinski definition) is 3. The average Bonchev–Trinajstić information content (AvgIpc) is 2.43. The van der Waals surface area contributed by atoms with Gasteiger partial charge in [-0.15, -0.1) is 0 Å². The number of hydrogen-bond donors (Lipinski definition) is 1. The summed E-state index contributed by atoms with van der Waals surface area (Å²) in [6, 6.07) is 2.71. The van der Waals surface area contributed by atoms with Crippen molar-refractivity contribution in [2.24, 2.45) is 5.92 Å². The van der Waals surface area contributed by atoms with Gasteiger partial charge in [-0.2, -0.15) is 0 Å². The summed E-state index contributed by atoms with van der Waals surface area (Å²) in [6.07, 6.45) is 6.03. The maximum atomic E-state index is 13.5. The van der Waals surface area contributed by atoms with E-state index in [1.54, 1.807) is 6.92 Å². The van der Waals surface area contributed by atoms with Crippen LogP contribution in [0.2, 0.25) is 0 Å². The average molecular weight is 280 g/mol. The molecule has 1 aromatic rings. The van der Waals surface area contributed by atoms with Crippen LogP contribution in [0.1, 0.15) is 44.6 Å². The van der Waals surface area contributed by atoms with Gasteiger partial charge in [-0.25, -0.2) is 4.39 Å². The maximum absolute atomic E-state index is 13.5. The van der Waals surface area contributed by atoms with E-state index in [-0.39, 0.29) is 11.7 Å². The Labute approximate surface area is 118 Å². The molecule has 5 heteroatoms. The minimum atomic E-state index is -0.535. The zero-order valence-electron chi connectivity index (χ0n) is 12.0. The van der Waals surface area contributed by atoms with E-state index in [4.69, 9.17) is 0 Å². The van der Waals surface area contributed by atoms with Crippen LogP contribution in [-0.4, -0.2) is 11.0 Å². The Morgan fingerprint density at radius 2 is 2.00 bits per heavy atom. The molecule has 1 saturated carbocycles. The van der Waals surface area contributed by atoms with E-state index < -0.39 is 10.7 Å². The van der Waals surface area contributed by atoms with Crippen molar-refractivity contribution in [3.63, 3.8) is 0 Å². The molecule has 1 unspecified atom stereocenters. The van der Waals surface area contributed by atoms with Crippen LogP contribution < -0.4 is 5.32 Å². The van der Waals surface area contributed by atoms with Gasteiger partial charge >= 0.3 is 0 Å². The van der Waals surface area contributed by atoms with Crippen molar-refractivity contribution in [2.45, 2.75) is 52.0 Å². The Balaban J connectivity index is 2.19. The molecule has 0 radical (unpaired) electrons. The largest absolute Gasteiger partial charge is 0.377 e. The molecule has 2 rings (SSSR count). The van der Waals surface area contributed by atoms with Crippen molar-refractivity contribution in [1.29, 1.82) is 0 Å². The third kappa shape index (κ3) is 3.26. The lowest BCUT2D eigenvalue weighted by molar-refractivity contribution is -0.384. The van der Waals surface area contributed by atoms with Crippen LogP contribution in [0.5, 0.6) is 0 Å². The fourth-order valence-corrected chi connectivity index (χ4v) is 2.93.